The molecule has 0 heterocycles. The van der Waals surface area contributed by atoms with Crippen LogP contribution in [0.4, 0.5) is 0 Å². The highest BCUT2D eigenvalue weighted by atomic mass is 14.7. The summed E-state index contributed by atoms with van der Waals surface area (Å²) in [6.07, 6.45) is 6.56. The van der Waals surface area contributed by atoms with Gasteiger partial charge in [0.15, 0.2) is 0 Å². The van der Waals surface area contributed by atoms with Gasteiger partial charge in [-0.3, -0.25) is 4.99 Å². The lowest BCUT2D eigenvalue weighted by Gasteiger charge is -1.79. The van der Waals surface area contributed by atoms with E-state index in [4.69, 9.17) is 0 Å². The molecule has 0 radical (unpaired) electrons. The lowest BCUT2D eigenvalue weighted by molar-refractivity contribution is 1.21. The summed E-state index contributed by atoms with van der Waals surface area (Å²) in [6, 6.07) is 0. The molecule has 0 fully saturated rings. The minimum Gasteiger partial charge on any atom is -0.265 e. The predicted octanol–water partition coefficient (Wildman–Crippen LogP) is 2.56. The lowest BCUT2D eigenvalue weighted by atomic mass is 10.4. The molecule has 0 aliphatic heterocycles. The molecule has 9 heavy (non-hydrogen) atoms. The molecule has 0 saturated heterocycles. The van der Waals surface area contributed by atoms with Gasteiger partial charge in [-0.15, -0.1) is 0 Å². The van der Waals surface area contributed by atoms with Crippen LogP contribution in [0.5, 0.6) is 0 Å². The lowest BCUT2D eigenvalue weighted by Crippen LogP contribution is -1.69. The fraction of sp³-hybridized carbons (Fsp3) is 0.375. The summed E-state index contributed by atoms with van der Waals surface area (Å²) in [5.41, 5.74) is 0.982. The first-order chi connectivity index (χ1) is 4.27. The van der Waals surface area contributed by atoms with Crippen molar-refractivity contribution >= 4 is 6.21 Å². The van der Waals surface area contributed by atoms with Gasteiger partial charge in [0.05, 0.1) is 0 Å². The Hall–Kier alpha value is -0.850. The molecular weight excluding hydrogens is 110 g/mol. The van der Waals surface area contributed by atoms with Crippen LogP contribution < -0.4 is 0 Å². The fourth-order valence-electron chi connectivity index (χ4n) is 0.337. The molecule has 0 unspecified atom stereocenters. The minimum absolute atomic E-state index is 0.982. The van der Waals surface area contributed by atoms with Crippen molar-refractivity contribution in [2.24, 2.45) is 4.99 Å². The maximum atomic E-state index is 3.96. The summed E-state index contributed by atoms with van der Waals surface area (Å²) in [6.45, 7) is 7.67. The summed E-state index contributed by atoms with van der Waals surface area (Å²) < 4.78 is 0. The largest absolute Gasteiger partial charge is 0.265 e. The molecule has 0 N–H and O–H groups in total. The molecule has 0 atom stereocenters. The van der Waals surface area contributed by atoms with Crippen molar-refractivity contribution in [2.75, 3.05) is 0 Å². The van der Waals surface area contributed by atoms with Gasteiger partial charge in [-0.25, -0.2) is 0 Å². The average molecular weight is 123 g/mol. The van der Waals surface area contributed by atoms with Crippen molar-refractivity contribution < 1.29 is 0 Å². The second-order valence-corrected chi connectivity index (χ2v) is 1.92. The Morgan fingerprint density at radius 3 is 2.78 bits per heavy atom. The highest BCUT2D eigenvalue weighted by molar-refractivity contribution is 5.77. The van der Waals surface area contributed by atoms with Crippen molar-refractivity contribution in [3.63, 3.8) is 0 Å². The van der Waals surface area contributed by atoms with Gasteiger partial charge < -0.3 is 0 Å². The zero-order valence-electron chi connectivity index (χ0n) is 6.09. The quantitative estimate of drug-likeness (QED) is 0.511. The van der Waals surface area contributed by atoms with Crippen LogP contribution in [0.1, 0.15) is 20.3 Å². The van der Waals surface area contributed by atoms with E-state index in [1.807, 2.05) is 13.0 Å². The monoisotopic (exact) mass is 123 g/mol. The second-order valence-electron chi connectivity index (χ2n) is 1.92. The Bertz CT molecular complexity index is 132. The third-order valence-corrected chi connectivity index (χ3v) is 0.722. The van der Waals surface area contributed by atoms with E-state index in [1.165, 1.54) is 0 Å². The molecular formula is C8H13N. The SMILES string of the molecule is C=C(C)C=N/C=C\CC. The summed E-state index contributed by atoms with van der Waals surface area (Å²) in [7, 11) is 0. The first-order valence-corrected chi connectivity index (χ1v) is 3.11. The molecule has 0 aliphatic carbocycles. The second kappa shape index (κ2) is 5.29. The van der Waals surface area contributed by atoms with Crippen LogP contribution in [-0.4, -0.2) is 6.21 Å². The predicted molar refractivity (Wildman–Crippen MR) is 42.7 cm³/mol. The van der Waals surface area contributed by atoms with E-state index in [0.717, 1.165) is 12.0 Å². The number of hydrogen-bond donors (Lipinski definition) is 0. The zero-order valence-corrected chi connectivity index (χ0v) is 6.09. The van der Waals surface area contributed by atoms with Gasteiger partial charge in [-0.05, 0) is 18.9 Å². The molecule has 0 rings (SSSR count). The van der Waals surface area contributed by atoms with Gasteiger partial charge in [0.2, 0.25) is 0 Å². The summed E-state index contributed by atoms with van der Waals surface area (Å²) >= 11 is 0. The van der Waals surface area contributed by atoms with E-state index in [1.54, 1.807) is 12.4 Å². The highest BCUT2D eigenvalue weighted by Gasteiger charge is 1.69. The van der Waals surface area contributed by atoms with Crippen molar-refractivity contribution in [1.82, 2.24) is 0 Å². The first kappa shape index (κ1) is 8.15. The topological polar surface area (TPSA) is 12.4 Å². The number of allylic oxidation sites excluding steroid dienone is 2. The molecule has 0 aromatic heterocycles. The molecule has 0 amide bonds. The molecule has 50 valence electrons. The van der Waals surface area contributed by atoms with Gasteiger partial charge in [0.1, 0.15) is 0 Å². The van der Waals surface area contributed by atoms with Crippen LogP contribution in [0.25, 0.3) is 0 Å². The minimum atomic E-state index is 0.982. The van der Waals surface area contributed by atoms with Crippen LogP contribution in [0.15, 0.2) is 29.4 Å². The Kier molecular flexibility index (Phi) is 4.79. The number of hydrogen-bond acceptors (Lipinski definition) is 1. The van der Waals surface area contributed by atoms with E-state index >= 15 is 0 Å². The Labute approximate surface area is 56.8 Å². The number of aliphatic imine (C=N–C) groups is 1. The Morgan fingerprint density at radius 1 is 1.67 bits per heavy atom. The molecule has 1 nitrogen and oxygen atoms in total. The number of nitrogens with zero attached hydrogens (tertiary/aromatic N) is 1. The van der Waals surface area contributed by atoms with Crippen LogP contribution in [0.3, 0.4) is 0 Å². The highest BCUT2D eigenvalue weighted by Crippen LogP contribution is 1.83. The van der Waals surface area contributed by atoms with E-state index in [9.17, 15) is 0 Å². The molecule has 0 bridgehead atoms. The maximum Gasteiger partial charge on any atom is 0.0290 e. The smallest absolute Gasteiger partial charge is 0.0290 e. The van der Waals surface area contributed by atoms with E-state index < -0.39 is 0 Å². The average Bonchev–Trinajstić information content (AvgIpc) is 1.80. The zero-order chi connectivity index (χ0) is 7.11. The molecule has 1 heteroatoms. The van der Waals surface area contributed by atoms with Crippen molar-refractivity contribution in [3.05, 3.63) is 24.4 Å². The maximum absolute atomic E-state index is 3.96. The summed E-state index contributed by atoms with van der Waals surface area (Å²) in [4.78, 5) is 3.96. The Balaban J connectivity index is 3.47. The fourth-order valence-corrected chi connectivity index (χ4v) is 0.337. The third-order valence-electron chi connectivity index (χ3n) is 0.722. The van der Waals surface area contributed by atoms with Gasteiger partial charge in [0, 0.05) is 12.4 Å². The van der Waals surface area contributed by atoms with Gasteiger partial charge in [-0.2, -0.15) is 0 Å². The van der Waals surface area contributed by atoms with Crippen LogP contribution >= 0.6 is 0 Å². The van der Waals surface area contributed by atoms with E-state index in [0.29, 0.717) is 0 Å². The van der Waals surface area contributed by atoms with Crippen LogP contribution in [0, 0.1) is 0 Å². The standard InChI is InChI=1S/C8H13N/c1-4-5-6-9-7-8(2)3/h5-7H,2,4H2,1,3H3/b6-5-,9-7?. The summed E-state index contributed by atoms with van der Waals surface area (Å²) in [5, 5.41) is 0. The normalized spacial score (nSPS) is 11.3. The number of rotatable bonds is 3. The van der Waals surface area contributed by atoms with Crippen molar-refractivity contribution in [2.45, 2.75) is 20.3 Å². The first-order valence-electron chi connectivity index (χ1n) is 3.11. The van der Waals surface area contributed by atoms with Gasteiger partial charge in [0.25, 0.3) is 0 Å². The van der Waals surface area contributed by atoms with Gasteiger partial charge >= 0.3 is 0 Å². The van der Waals surface area contributed by atoms with Crippen molar-refractivity contribution in [3.8, 4) is 0 Å². The molecule has 0 aromatic rings. The summed E-state index contributed by atoms with van der Waals surface area (Å²) in [5.74, 6) is 0. The van der Waals surface area contributed by atoms with E-state index in [-0.39, 0.29) is 0 Å². The molecule has 0 aromatic carbocycles. The third kappa shape index (κ3) is 7.15. The molecule has 0 spiro atoms. The van der Waals surface area contributed by atoms with E-state index in [2.05, 4.69) is 18.5 Å². The van der Waals surface area contributed by atoms with Crippen LogP contribution in [-0.2, 0) is 0 Å². The Morgan fingerprint density at radius 2 is 2.33 bits per heavy atom. The van der Waals surface area contributed by atoms with Crippen LogP contribution in [0.2, 0.25) is 0 Å². The molecule has 0 saturated carbocycles. The molecule has 0 aliphatic rings. The van der Waals surface area contributed by atoms with Crippen molar-refractivity contribution in [1.29, 1.82) is 0 Å². The van der Waals surface area contributed by atoms with Gasteiger partial charge in [-0.1, -0.05) is 19.6 Å².